The number of carboxylic acid groups (broad SMARTS) is 1. The minimum Gasteiger partial charge on any atom is -0.479 e. The molecule has 0 bridgehead atoms. The van der Waals surface area contributed by atoms with Gasteiger partial charge >= 0.3 is 11.9 Å². The summed E-state index contributed by atoms with van der Waals surface area (Å²) in [7, 11) is 2.36. The molecule has 2 N–H and O–H groups in total. The number of aliphatic carboxylic acids is 1. The van der Waals surface area contributed by atoms with Crippen molar-refractivity contribution in [3.05, 3.63) is 28.2 Å². The Balaban J connectivity index is 3.23. The van der Waals surface area contributed by atoms with Gasteiger partial charge in [0.1, 0.15) is 0 Å². The van der Waals surface area contributed by atoms with Gasteiger partial charge in [0.15, 0.2) is 0 Å². The monoisotopic (exact) mass is 321 g/mol. The molecule has 20 heavy (non-hydrogen) atoms. The maximum Gasteiger partial charge on any atom is 0.345 e. The molecule has 0 saturated heterocycles. The van der Waals surface area contributed by atoms with E-state index in [9.17, 15) is 14.7 Å². The number of rotatable bonds is 6. The van der Waals surface area contributed by atoms with Crippen LogP contribution in [0.2, 0.25) is 10.0 Å². The van der Waals surface area contributed by atoms with Gasteiger partial charge < -0.3 is 19.9 Å². The van der Waals surface area contributed by atoms with Gasteiger partial charge in [-0.05, 0) is 18.2 Å². The molecular formula is C12H13Cl2NO5. The Bertz CT molecular complexity index is 502. The second-order valence-corrected chi connectivity index (χ2v) is 4.79. The van der Waals surface area contributed by atoms with E-state index in [-0.39, 0.29) is 5.69 Å². The molecular weight excluding hydrogens is 309 g/mol. The van der Waals surface area contributed by atoms with Gasteiger partial charge in [0.25, 0.3) is 5.54 Å². The number of carbonyl (C=O) groups is 2. The largest absolute Gasteiger partial charge is 0.479 e. The van der Waals surface area contributed by atoms with E-state index in [1.54, 1.807) is 0 Å². The van der Waals surface area contributed by atoms with Gasteiger partial charge in [-0.1, -0.05) is 23.2 Å². The highest BCUT2D eigenvalue weighted by Crippen LogP contribution is 2.26. The summed E-state index contributed by atoms with van der Waals surface area (Å²) >= 11 is 11.7. The molecule has 0 aliphatic carbocycles. The fourth-order valence-electron chi connectivity index (χ4n) is 1.61. The van der Waals surface area contributed by atoms with Crippen molar-refractivity contribution in [2.45, 2.75) is 5.54 Å². The molecule has 0 spiro atoms. The van der Waals surface area contributed by atoms with Crippen LogP contribution in [-0.4, -0.2) is 43.4 Å². The lowest BCUT2D eigenvalue weighted by atomic mass is 10.0. The molecule has 0 aromatic heterocycles. The molecule has 0 amide bonds. The van der Waals surface area contributed by atoms with E-state index in [1.165, 1.54) is 25.3 Å². The molecule has 1 atom stereocenters. The van der Waals surface area contributed by atoms with Crippen LogP contribution >= 0.6 is 23.2 Å². The van der Waals surface area contributed by atoms with Gasteiger partial charge in [-0.15, -0.1) is 0 Å². The molecule has 1 rings (SSSR count). The number of ether oxygens (including phenoxy) is 2. The molecule has 0 radical (unpaired) electrons. The van der Waals surface area contributed by atoms with Crippen molar-refractivity contribution in [2.75, 3.05) is 26.1 Å². The first-order valence-electron chi connectivity index (χ1n) is 5.40. The van der Waals surface area contributed by atoms with Crippen molar-refractivity contribution in [2.24, 2.45) is 0 Å². The zero-order chi connectivity index (χ0) is 15.3. The van der Waals surface area contributed by atoms with E-state index in [0.29, 0.717) is 10.0 Å². The fraction of sp³-hybridized carbons (Fsp3) is 0.333. The lowest BCUT2D eigenvalue weighted by Crippen LogP contribution is -2.57. The minimum atomic E-state index is -2.09. The Labute approximate surface area is 125 Å². The number of carbonyl (C=O) groups excluding carboxylic acids is 1. The molecule has 0 aliphatic rings. The summed E-state index contributed by atoms with van der Waals surface area (Å²) in [5.74, 6) is -2.44. The van der Waals surface area contributed by atoms with Crippen LogP contribution in [0.1, 0.15) is 0 Å². The first-order valence-corrected chi connectivity index (χ1v) is 6.16. The zero-order valence-corrected chi connectivity index (χ0v) is 12.3. The summed E-state index contributed by atoms with van der Waals surface area (Å²) in [6, 6.07) is 4.35. The highest BCUT2D eigenvalue weighted by atomic mass is 35.5. The molecule has 0 aliphatic heterocycles. The molecule has 6 nitrogen and oxygen atoms in total. The number of methoxy groups -OCH3 is 2. The lowest BCUT2D eigenvalue weighted by Gasteiger charge is -2.28. The standard InChI is InChI=1S/C12H13Cl2NO5/c1-19-6-12(10(16)17,11(18)20-2)15-9-4-7(13)3-8(14)5-9/h3-5,15H,6H2,1-2H3,(H,16,17). The average Bonchev–Trinajstić information content (AvgIpc) is 2.35. The van der Waals surface area contributed by atoms with Crippen LogP contribution < -0.4 is 5.32 Å². The number of carboxylic acids is 1. The highest BCUT2D eigenvalue weighted by molar-refractivity contribution is 6.35. The second kappa shape index (κ2) is 6.78. The summed E-state index contributed by atoms with van der Waals surface area (Å²) in [5.41, 5.74) is -1.83. The molecule has 8 heteroatoms. The molecule has 0 saturated carbocycles. The van der Waals surface area contributed by atoms with Crippen LogP contribution in [0, 0.1) is 0 Å². The Kier molecular flexibility index (Phi) is 5.62. The Morgan fingerprint density at radius 1 is 1.25 bits per heavy atom. The van der Waals surface area contributed by atoms with Crippen molar-refractivity contribution in [3.8, 4) is 0 Å². The van der Waals surface area contributed by atoms with Crippen molar-refractivity contribution >= 4 is 40.8 Å². The normalized spacial score (nSPS) is 13.4. The molecule has 1 unspecified atom stereocenters. The molecule has 1 aromatic rings. The Morgan fingerprint density at radius 3 is 2.20 bits per heavy atom. The summed E-state index contributed by atoms with van der Waals surface area (Å²) in [6.45, 7) is -0.431. The van der Waals surface area contributed by atoms with Crippen molar-refractivity contribution < 1.29 is 24.2 Å². The first kappa shape index (κ1) is 16.6. The molecule has 110 valence electrons. The summed E-state index contributed by atoms with van der Waals surface area (Å²) < 4.78 is 9.35. The third kappa shape index (κ3) is 3.53. The van der Waals surface area contributed by atoms with Crippen molar-refractivity contribution in [1.29, 1.82) is 0 Å². The molecule has 0 fully saturated rings. The van der Waals surface area contributed by atoms with Crippen LogP contribution in [-0.2, 0) is 19.1 Å². The first-order chi connectivity index (χ1) is 9.35. The topological polar surface area (TPSA) is 84.9 Å². The molecule has 0 heterocycles. The third-order valence-corrected chi connectivity index (χ3v) is 2.92. The smallest absolute Gasteiger partial charge is 0.345 e. The maximum absolute atomic E-state index is 11.8. The predicted molar refractivity (Wildman–Crippen MR) is 74.3 cm³/mol. The second-order valence-electron chi connectivity index (χ2n) is 3.92. The van der Waals surface area contributed by atoms with Gasteiger partial charge in [-0.2, -0.15) is 0 Å². The number of esters is 1. The van der Waals surface area contributed by atoms with E-state index in [2.05, 4.69) is 10.1 Å². The van der Waals surface area contributed by atoms with Crippen LogP contribution in [0.25, 0.3) is 0 Å². The lowest BCUT2D eigenvalue weighted by molar-refractivity contribution is -0.160. The number of nitrogens with one attached hydrogen (secondary N) is 1. The van der Waals surface area contributed by atoms with Gasteiger partial charge in [0.05, 0.1) is 13.7 Å². The van der Waals surface area contributed by atoms with Crippen LogP contribution in [0.5, 0.6) is 0 Å². The van der Waals surface area contributed by atoms with Crippen LogP contribution in [0.3, 0.4) is 0 Å². The zero-order valence-electron chi connectivity index (χ0n) is 10.8. The number of benzene rings is 1. The quantitative estimate of drug-likeness (QED) is 0.616. The number of hydrogen-bond donors (Lipinski definition) is 2. The van der Waals surface area contributed by atoms with Crippen molar-refractivity contribution in [1.82, 2.24) is 0 Å². The fourth-order valence-corrected chi connectivity index (χ4v) is 2.14. The van der Waals surface area contributed by atoms with Gasteiger partial charge in [-0.3, -0.25) is 0 Å². The van der Waals surface area contributed by atoms with E-state index in [0.717, 1.165) is 7.11 Å². The highest BCUT2D eigenvalue weighted by Gasteiger charge is 2.48. The predicted octanol–water partition coefficient (Wildman–Crippen LogP) is 2.05. The van der Waals surface area contributed by atoms with Crippen molar-refractivity contribution in [3.63, 3.8) is 0 Å². The minimum absolute atomic E-state index is 0.257. The van der Waals surface area contributed by atoms with E-state index < -0.39 is 24.1 Å². The van der Waals surface area contributed by atoms with E-state index >= 15 is 0 Å². The number of anilines is 1. The number of hydrogen-bond acceptors (Lipinski definition) is 5. The Morgan fingerprint density at radius 2 is 1.80 bits per heavy atom. The summed E-state index contributed by atoms with van der Waals surface area (Å²) in [6.07, 6.45) is 0. The van der Waals surface area contributed by atoms with Crippen LogP contribution in [0.15, 0.2) is 18.2 Å². The Hall–Kier alpha value is -1.50. The van der Waals surface area contributed by atoms with E-state index in [1.807, 2.05) is 0 Å². The average molecular weight is 322 g/mol. The van der Waals surface area contributed by atoms with Crippen LogP contribution in [0.4, 0.5) is 5.69 Å². The molecule has 1 aromatic carbocycles. The van der Waals surface area contributed by atoms with E-state index in [4.69, 9.17) is 27.9 Å². The third-order valence-electron chi connectivity index (χ3n) is 2.48. The maximum atomic E-state index is 11.8. The van der Waals surface area contributed by atoms with Gasteiger partial charge in [-0.25, -0.2) is 9.59 Å². The van der Waals surface area contributed by atoms with Gasteiger partial charge in [0.2, 0.25) is 0 Å². The van der Waals surface area contributed by atoms with Gasteiger partial charge in [0, 0.05) is 22.8 Å². The summed E-state index contributed by atoms with van der Waals surface area (Å²) in [4.78, 5) is 23.3. The SMILES string of the molecule is COCC(Nc1cc(Cl)cc(Cl)c1)(C(=O)O)C(=O)OC. The number of halogens is 2. The summed E-state index contributed by atoms with van der Waals surface area (Å²) in [5, 5.41) is 12.5.